The summed E-state index contributed by atoms with van der Waals surface area (Å²) in [7, 11) is 1.50. The summed E-state index contributed by atoms with van der Waals surface area (Å²) in [5.74, 6) is 1.07. The second-order valence-electron chi connectivity index (χ2n) is 3.96. The molecule has 0 fully saturated rings. The number of anilines is 2. The van der Waals surface area contributed by atoms with Crippen LogP contribution in [0.3, 0.4) is 0 Å². The van der Waals surface area contributed by atoms with Gasteiger partial charge in [-0.2, -0.15) is 4.98 Å². The summed E-state index contributed by atoms with van der Waals surface area (Å²) >= 11 is 0. The van der Waals surface area contributed by atoms with E-state index in [9.17, 15) is 4.79 Å². The van der Waals surface area contributed by atoms with Gasteiger partial charge in [0, 0.05) is 0 Å². The van der Waals surface area contributed by atoms with Gasteiger partial charge in [0.25, 0.3) is 0 Å². The number of amides is 1. The number of aromatic nitrogens is 2. The molecule has 2 N–H and O–H groups in total. The summed E-state index contributed by atoms with van der Waals surface area (Å²) in [5.41, 5.74) is 0.506. The predicted octanol–water partition coefficient (Wildman–Crippen LogP) is 0.874. The molecule has 0 aromatic carbocycles. The Kier molecular flexibility index (Phi) is 2.64. The lowest BCUT2D eigenvalue weighted by atomic mass is 10.0. The number of nitrogens with zero attached hydrogens (tertiary/aromatic N) is 2. The summed E-state index contributed by atoms with van der Waals surface area (Å²) in [6.07, 6.45) is 1.40. The molecule has 0 radical (unpaired) electrons. The van der Waals surface area contributed by atoms with Crippen molar-refractivity contribution in [3.8, 4) is 5.88 Å². The molecule has 2 heterocycles. The number of methoxy groups -OCH3 is 1. The first-order valence-electron chi connectivity index (χ1n) is 5.10. The second-order valence-corrected chi connectivity index (χ2v) is 3.96. The number of carbonyl (C=O) groups is 1. The summed E-state index contributed by atoms with van der Waals surface area (Å²) in [6, 6.07) is -0.271. The topological polar surface area (TPSA) is 76.1 Å². The number of hydrogen-bond donors (Lipinski definition) is 2. The lowest BCUT2D eigenvalue weighted by Gasteiger charge is -2.28. The van der Waals surface area contributed by atoms with E-state index in [4.69, 9.17) is 4.74 Å². The lowest BCUT2D eigenvalue weighted by molar-refractivity contribution is -0.117. The molecule has 0 saturated carbocycles. The van der Waals surface area contributed by atoms with Gasteiger partial charge in [-0.1, -0.05) is 13.8 Å². The zero-order valence-corrected chi connectivity index (χ0v) is 9.44. The minimum atomic E-state index is -0.271. The number of carbonyl (C=O) groups excluding carboxylic acids is 1. The molecular weight excluding hydrogens is 208 g/mol. The number of ether oxygens (including phenoxy) is 1. The third-order valence-corrected chi connectivity index (χ3v) is 2.50. The maximum Gasteiger partial charge on any atom is 0.247 e. The Balaban J connectivity index is 2.38. The monoisotopic (exact) mass is 222 g/mol. The van der Waals surface area contributed by atoms with Crippen LogP contribution in [0.2, 0.25) is 0 Å². The summed E-state index contributed by atoms with van der Waals surface area (Å²) in [5, 5.41) is 5.84. The summed E-state index contributed by atoms with van der Waals surface area (Å²) < 4.78 is 5.05. The van der Waals surface area contributed by atoms with Crippen molar-refractivity contribution < 1.29 is 9.53 Å². The molecule has 1 aromatic heterocycles. The normalized spacial score (nSPS) is 18.8. The number of fused-ring (bicyclic) bond motifs is 1. The Labute approximate surface area is 93.4 Å². The number of hydrogen-bond acceptors (Lipinski definition) is 5. The maximum absolute atomic E-state index is 11.8. The average molecular weight is 222 g/mol. The van der Waals surface area contributed by atoms with Crippen molar-refractivity contribution in [3.63, 3.8) is 0 Å². The molecule has 0 spiro atoms. The molecule has 0 bridgehead atoms. The molecule has 0 aliphatic carbocycles. The Morgan fingerprint density at radius 3 is 2.81 bits per heavy atom. The fourth-order valence-electron chi connectivity index (χ4n) is 1.63. The highest BCUT2D eigenvalue weighted by Gasteiger charge is 2.30. The second kappa shape index (κ2) is 3.96. The Morgan fingerprint density at radius 2 is 2.19 bits per heavy atom. The van der Waals surface area contributed by atoms with Crippen LogP contribution in [0.25, 0.3) is 0 Å². The van der Waals surface area contributed by atoms with E-state index in [1.165, 1.54) is 13.4 Å². The van der Waals surface area contributed by atoms with Crippen LogP contribution in [0.4, 0.5) is 11.5 Å². The molecule has 1 atom stereocenters. The zero-order valence-electron chi connectivity index (χ0n) is 9.44. The minimum absolute atomic E-state index is 0.0874. The minimum Gasteiger partial charge on any atom is -0.479 e. The standard InChI is InChI=1S/C10H14N4O2/c1-5(2)6-9(15)14-7-8(13-6)11-4-12-10(7)16-3/h4-6H,1-3H3,(H,14,15)(H,11,12,13). The Bertz CT molecular complexity index is 419. The smallest absolute Gasteiger partial charge is 0.247 e. The average Bonchev–Trinajstić information content (AvgIpc) is 2.27. The van der Waals surface area contributed by atoms with Gasteiger partial charge in [-0.15, -0.1) is 0 Å². The summed E-state index contributed by atoms with van der Waals surface area (Å²) in [4.78, 5) is 19.8. The van der Waals surface area contributed by atoms with Gasteiger partial charge in [-0.3, -0.25) is 4.79 Å². The van der Waals surface area contributed by atoms with Gasteiger partial charge in [0.2, 0.25) is 11.8 Å². The first kappa shape index (κ1) is 10.7. The molecule has 86 valence electrons. The van der Waals surface area contributed by atoms with Crippen molar-refractivity contribution in [2.75, 3.05) is 17.7 Å². The first-order valence-corrected chi connectivity index (χ1v) is 5.10. The van der Waals surface area contributed by atoms with Crippen molar-refractivity contribution in [1.82, 2.24) is 9.97 Å². The van der Waals surface area contributed by atoms with Gasteiger partial charge in [0.05, 0.1) is 7.11 Å². The molecule has 1 amide bonds. The van der Waals surface area contributed by atoms with Gasteiger partial charge >= 0.3 is 0 Å². The van der Waals surface area contributed by atoms with Crippen molar-refractivity contribution in [1.29, 1.82) is 0 Å². The molecule has 16 heavy (non-hydrogen) atoms. The molecule has 2 rings (SSSR count). The third-order valence-electron chi connectivity index (χ3n) is 2.50. The van der Waals surface area contributed by atoms with Crippen LogP contribution in [0.1, 0.15) is 13.8 Å². The van der Waals surface area contributed by atoms with E-state index in [0.717, 1.165) is 0 Å². The van der Waals surface area contributed by atoms with Crippen molar-refractivity contribution in [2.24, 2.45) is 5.92 Å². The largest absolute Gasteiger partial charge is 0.479 e. The van der Waals surface area contributed by atoms with Crippen molar-refractivity contribution in [2.45, 2.75) is 19.9 Å². The van der Waals surface area contributed by atoms with Crippen LogP contribution in [0.15, 0.2) is 6.33 Å². The molecule has 1 aromatic rings. The highest BCUT2D eigenvalue weighted by Crippen LogP contribution is 2.32. The van der Waals surface area contributed by atoms with Gasteiger partial charge in [-0.05, 0) is 5.92 Å². The Morgan fingerprint density at radius 1 is 1.44 bits per heavy atom. The van der Waals surface area contributed by atoms with Crippen LogP contribution in [0.5, 0.6) is 5.88 Å². The van der Waals surface area contributed by atoms with E-state index < -0.39 is 0 Å². The molecule has 6 heteroatoms. The van der Waals surface area contributed by atoms with Gasteiger partial charge in [-0.25, -0.2) is 4.98 Å². The quantitative estimate of drug-likeness (QED) is 0.776. The van der Waals surface area contributed by atoms with Gasteiger partial charge in [0.15, 0.2) is 5.82 Å². The fraction of sp³-hybridized carbons (Fsp3) is 0.500. The third kappa shape index (κ3) is 1.66. The molecule has 1 unspecified atom stereocenters. The predicted molar refractivity (Wildman–Crippen MR) is 59.5 cm³/mol. The molecule has 0 saturated heterocycles. The van der Waals surface area contributed by atoms with E-state index in [1.807, 2.05) is 13.8 Å². The van der Waals surface area contributed by atoms with E-state index in [1.54, 1.807) is 0 Å². The zero-order chi connectivity index (χ0) is 11.7. The molecule has 1 aliphatic rings. The van der Waals surface area contributed by atoms with E-state index in [2.05, 4.69) is 20.6 Å². The first-order chi connectivity index (χ1) is 7.63. The number of nitrogens with one attached hydrogen (secondary N) is 2. The van der Waals surface area contributed by atoms with Crippen LogP contribution in [-0.2, 0) is 4.79 Å². The Hall–Kier alpha value is -1.85. The van der Waals surface area contributed by atoms with Gasteiger partial charge < -0.3 is 15.4 Å². The van der Waals surface area contributed by atoms with E-state index >= 15 is 0 Å². The number of rotatable bonds is 2. The highest BCUT2D eigenvalue weighted by atomic mass is 16.5. The molecule has 6 nitrogen and oxygen atoms in total. The van der Waals surface area contributed by atoms with Gasteiger partial charge in [0.1, 0.15) is 18.1 Å². The van der Waals surface area contributed by atoms with Crippen LogP contribution in [-0.4, -0.2) is 29.0 Å². The van der Waals surface area contributed by atoms with Crippen molar-refractivity contribution in [3.05, 3.63) is 6.33 Å². The van der Waals surface area contributed by atoms with Crippen molar-refractivity contribution >= 4 is 17.4 Å². The SMILES string of the molecule is COc1ncnc2c1NC(=O)C(C(C)C)N2. The van der Waals surface area contributed by atoms with Crippen LogP contribution < -0.4 is 15.4 Å². The van der Waals surface area contributed by atoms with Crippen LogP contribution in [0, 0.1) is 5.92 Å². The lowest BCUT2D eigenvalue weighted by Crippen LogP contribution is -2.42. The van der Waals surface area contributed by atoms with Crippen LogP contribution >= 0.6 is 0 Å². The van der Waals surface area contributed by atoms with E-state index in [0.29, 0.717) is 17.4 Å². The maximum atomic E-state index is 11.8. The van der Waals surface area contributed by atoms with E-state index in [-0.39, 0.29) is 17.9 Å². The summed E-state index contributed by atoms with van der Waals surface area (Å²) in [6.45, 7) is 3.95. The molecule has 1 aliphatic heterocycles. The highest BCUT2D eigenvalue weighted by molar-refractivity contribution is 6.03. The fourth-order valence-corrected chi connectivity index (χ4v) is 1.63. The molecular formula is C10H14N4O2.